The molecule has 1 aliphatic rings. The summed E-state index contributed by atoms with van der Waals surface area (Å²) in [5.74, 6) is 1.53. The SMILES string of the molecule is C[C@H]1CC(=O)[C@@H](C)[C@H]([Sn]([CH3])([CH3])[CH3])C1. The van der Waals surface area contributed by atoms with Crippen LogP contribution in [0.5, 0.6) is 0 Å². The fourth-order valence-electron chi connectivity index (χ4n) is 2.58. The zero-order valence-corrected chi connectivity index (χ0v) is 12.4. The van der Waals surface area contributed by atoms with Gasteiger partial charge in [-0.1, -0.05) is 0 Å². The van der Waals surface area contributed by atoms with Crippen LogP contribution < -0.4 is 0 Å². The van der Waals surface area contributed by atoms with E-state index in [0.29, 0.717) is 17.6 Å². The quantitative estimate of drug-likeness (QED) is 0.677. The Kier molecular flexibility index (Phi) is 3.48. The molecule has 0 saturated heterocycles. The van der Waals surface area contributed by atoms with E-state index in [1.54, 1.807) is 0 Å². The topological polar surface area (TPSA) is 17.1 Å². The van der Waals surface area contributed by atoms with Gasteiger partial charge in [-0.25, -0.2) is 0 Å². The van der Waals surface area contributed by atoms with Gasteiger partial charge in [-0.2, -0.15) is 0 Å². The van der Waals surface area contributed by atoms with Crippen LogP contribution in [0.25, 0.3) is 0 Å². The molecule has 3 atom stereocenters. The Balaban J connectivity index is 2.78. The molecule has 1 saturated carbocycles. The second-order valence-corrected chi connectivity index (χ2v) is 21.4. The first-order valence-electron chi connectivity index (χ1n) is 5.35. The molecule has 0 aromatic carbocycles. The first-order chi connectivity index (χ1) is 5.82. The second-order valence-electron chi connectivity index (χ2n) is 5.77. The van der Waals surface area contributed by atoms with Gasteiger partial charge in [-0.3, -0.25) is 0 Å². The van der Waals surface area contributed by atoms with Crippen molar-refractivity contribution < 1.29 is 4.79 Å². The van der Waals surface area contributed by atoms with Crippen LogP contribution in [0.4, 0.5) is 0 Å². The van der Waals surface area contributed by atoms with Gasteiger partial charge in [-0.15, -0.1) is 0 Å². The van der Waals surface area contributed by atoms with Gasteiger partial charge in [0.05, 0.1) is 0 Å². The number of ketones is 1. The third-order valence-corrected chi connectivity index (χ3v) is 11.9. The molecule has 0 spiro atoms. The van der Waals surface area contributed by atoms with E-state index in [1.165, 1.54) is 6.42 Å². The van der Waals surface area contributed by atoms with E-state index in [2.05, 4.69) is 28.7 Å². The predicted molar refractivity (Wildman–Crippen MR) is 59.7 cm³/mol. The molecule has 0 amide bonds. The Hall–Kier alpha value is 0.469. The molecule has 0 heterocycles. The summed E-state index contributed by atoms with van der Waals surface area (Å²) in [6.07, 6.45) is 2.14. The maximum atomic E-state index is 11.7. The van der Waals surface area contributed by atoms with Gasteiger partial charge < -0.3 is 0 Å². The average Bonchev–Trinajstić information content (AvgIpc) is 1.94. The molecule has 0 aromatic heterocycles. The zero-order valence-electron chi connectivity index (χ0n) is 9.55. The molecule has 0 N–H and O–H groups in total. The summed E-state index contributed by atoms with van der Waals surface area (Å²) < 4.78 is 0.783. The van der Waals surface area contributed by atoms with Crippen LogP contribution in [-0.4, -0.2) is 24.2 Å². The van der Waals surface area contributed by atoms with Crippen LogP contribution in [0.1, 0.15) is 26.7 Å². The summed E-state index contributed by atoms with van der Waals surface area (Å²) in [4.78, 5) is 19.1. The van der Waals surface area contributed by atoms with Crippen LogP contribution >= 0.6 is 0 Å². The molecule has 13 heavy (non-hydrogen) atoms. The molecule has 1 aliphatic carbocycles. The van der Waals surface area contributed by atoms with Gasteiger partial charge >= 0.3 is 86.2 Å². The zero-order chi connectivity index (χ0) is 10.2. The first kappa shape index (κ1) is 11.5. The van der Waals surface area contributed by atoms with E-state index in [4.69, 9.17) is 0 Å². The summed E-state index contributed by atoms with van der Waals surface area (Å²) >= 11 is -1.84. The van der Waals surface area contributed by atoms with Crippen molar-refractivity contribution in [2.75, 3.05) is 0 Å². The summed E-state index contributed by atoms with van der Waals surface area (Å²) in [6, 6.07) is 0. The van der Waals surface area contributed by atoms with E-state index in [9.17, 15) is 4.79 Å². The molecule has 1 nitrogen and oxygen atoms in total. The van der Waals surface area contributed by atoms with E-state index < -0.39 is 18.4 Å². The van der Waals surface area contributed by atoms with Crippen molar-refractivity contribution in [3.63, 3.8) is 0 Å². The van der Waals surface area contributed by atoms with Crippen molar-refractivity contribution in [3.8, 4) is 0 Å². The summed E-state index contributed by atoms with van der Waals surface area (Å²) in [5, 5.41) is 0. The van der Waals surface area contributed by atoms with Gasteiger partial charge in [0.2, 0.25) is 0 Å². The number of Topliss-reactive ketones (excluding diaryl/α,β-unsaturated/α-hetero) is 1. The van der Waals surface area contributed by atoms with Crippen LogP contribution in [0, 0.1) is 11.8 Å². The monoisotopic (exact) mass is 290 g/mol. The van der Waals surface area contributed by atoms with Gasteiger partial charge in [0.15, 0.2) is 0 Å². The average molecular weight is 289 g/mol. The van der Waals surface area contributed by atoms with Crippen LogP contribution in [-0.2, 0) is 4.79 Å². The Morgan fingerprint density at radius 2 is 1.77 bits per heavy atom. The molecule has 0 bridgehead atoms. The molecular formula is C11H22OSn. The van der Waals surface area contributed by atoms with Crippen molar-refractivity contribution in [3.05, 3.63) is 0 Å². The first-order valence-corrected chi connectivity index (χ1v) is 15.6. The van der Waals surface area contributed by atoms with Gasteiger partial charge in [0, 0.05) is 0 Å². The summed E-state index contributed by atoms with van der Waals surface area (Å²) in [5.41, 5.74) is 0. The minimum atomic E-state index is -1.84. The van der Waals surface area contributed by atoms with Crippen molar-refractivity contribution >= 4 is 24.2 Å². The molecule has 0 aliphatic heterocycles. The van der Waals surface area contributed by atoms with Crippen LogP contribution in [0.15, 0.2) is 0 Å². The number of carbonyl (C=O) groups excluding carboxylic acids is 1. The Labute approximate surface area is 86.2 Å². The van der Waals surface area contributed by atoms with Gasteiger partial charge in [0.25, 0.3) is 0 Å². The molecule has 0 radical (unpaired) electrons. The molecule has 1 fully saturated rings. The summed E-state index contributed by atoms with van der Waals surface area (Å²) in [6.45, 7) is 4.38. The summed E-state index contributed by atoms with van der Waals surface area (Å²) in [7, 11) is 0. The van der Waals surface area contributed by atoms with E-state index in [-0.39, 0.29) is 0 Å². The van der Waals surface area contributed by atoms with Crippen molar-refractivity contribution in [2.45, 2.75) is 45.4 Å². The minimum absolute atomic E-state index is 0.368. The standard InChI is InChI=1S/C8H13O.3CH3.Sn/c1-6-3-4-7(2)8(9)5-6;;;;/h4,6-7H,3,5H2,1-2H3;3*1H3;/t6-,7+;;;;/m1..../s1. The normalized spacial score (nSPS) is 36.4. The molecular weight excluding hydrogens is 267 g/mol. The number of rotatable bonds is 1. The third kappa shape index (κ3) is 2.71. The fraction of sp³-hybridized carbons (Fsp3) is 0.909. The van der Waals surface area contributed by atoms with Crippen molar-refractivity contribution in [2.24, 2.45) is 11.8 Å². The molecule has 0 unspecified atom stereocenters. The maximum absolute atomic E-state index is 11.7. The van der Waals surface area contributed by atoms with E-state index in [0.717, 1.165) is 10.4 Å². The van der Waals surface area contributed by atoms with E-state index in [1.807, 2.05) is 0 Å². The predicted octanol–water partition coefficient (Wildman–Crippen LogP) is 3.33. The molecule has 0 aromatic rings. The van der Waals surface area contributed by atoms with Crippen LogP contribution in [0.2, 0.25) is 18.8 Å². The van der Waals surface area contributed by atoms with E-state index >= 15 is 0 Å². The molecule has 1 rings (SSSR count). The van der Waals surface area contributed by atoms with Crippen LogP contribution in [0.3, 0.4) is 0 Å². The fourth-order valence-corrected chi connectivity index (χ4v) is 10.6. The number of hydrogen-bond donors (Lipinski definition) is 0. The van der Waals surface area contributed by atoms with Gasteiger partial charge in [0.1, 0.15) is 0 Å². The van der Waals surface area contributed by atoms with Crippen molar-refractivity contribution in [1.29, 1.82) is 0 Å². The number of hydrogen-bond acceptors (Lipinski definition) is 1. The Bertz CT molecular complexity index is 205. The van der Waals surface area contributed by atoms with Gasteiger partial charge in [-0.05, 0) is 0 Å². The molecule has 76 valence electrons. The van der Waals surface area contributed by atoms with Crippen molar-refractivity contribution in [1.82, 2.24) is 0 Å². The Morgan fingerprint density at radius 3 is 2.23 bits per heavy atom. The Morgan fingerprint density at radius 1 is 1.23 bits per heavy atom. The second kappa shape index (κ2) is 3.91. The molecule has 2 heteroatoms. The third-order valence-electron chi connectivity index (χ3n) is 3.43. The number of carbonyl (C=O) groups is 1.